The zero-order valence-corrected chi connectivity index (χ0v) is 7.30. The molecule has 0 unspecified atom stereocenters. The van der Waals surface area contributed by atoms with E-state index in [-0.39, 0.29) is 0 Å². The van der Waals surface area contributed by atoms with Crippen molar-refractivity contribution in [2.75, 3.05) is 0 Å². The third kappa shape index (κ3) is 7450. The van der Waals surface area contributed by atoms with Crippen molar-refractivity contribution in [3.63, 3.8) is 0 Å². The van der Waals surface area contributed by atoms with Gasteiger partial charge in [0.25, 0.3) is 0 Å². The largest absolute Gasteiger partial charge is 0.394 e. The standard InChI is InChI=1S/H3NO2.2H2O4S/c1-3-2;2*1-5(2,3)4/h2H,1H2;2*(H2,1,2,3,4). The van der Waals surface area contributed by atoms with Crippen LogP contribution in [0, 0.1) is 0 Å². The summed E-state index contributed by atoms with van der Waals surface area (Å²) in [5, 5.41) is 6.85. The van der Waals surface area contributed by atoms with Gasteiger partial charge in [-0.05, 0) is 0 Å². The van der Waals surface area contributed by atoms with E-state index in [1.165, 1.54) is 0 Å². The normalized spacial score (nSPS) is 10.3. The van der Waals surface area contributed by atoms with Gasteiger partial charge in [-0.25, -0.2) is 5.26 Å². The molecule has 0 bridgehead atoms. The molecule has 0 aliphatic heterocycles. The van der Waals surface area contributed by atoms with Gasteiger partial charge in [-0.2, -0.15) is 22.7 Å². The molecule has 0 heterocycles. The van der Waals surface area contributed by atoms with Gasteiger partial charge < -0.3 is 0 Å². The van der Waals surface area contributed by atoms with Crippen molar-refractivity contribution in [1.82, 2.24) is 0 Å². The summed E-state index contributed by atoms with van der Waals surface area (Å²) in [5.74, 6) is 3.90. The Balaban J connectivity index is -0.000000120. The highest BCUT2D eigenvalue weighted by atomic mass is 32.3. The minimum atomic E-state index is -4.67. The van der Waals surface area contributed by atoms with Gasteiger partial charge in [0, 0.05) is 0 Å². The highest BCUT2D eigenvalue weighted by Gasteiger charge is 1.85. The zero-order chi connectivity index (χ0) is 11.7. The molecule has 11 nitrogen and oxygen atoms in total. The van der Waals surface area contributed by atoms with E-state index in [9.17, 15) is 0 Å². The molecule has 0 fully saturated rings. The lowest BCUT2D eigenvalue weighted by Crippen LogP contribution is -1.89. The molecule has 0 aromatic heterocycles. The molecule has 0 radical (unpaired) electrons. The number of hydrogen-bond acceptors (Lipinski definition) is 7. The molecule has 0 aromatic carbocycles. The van der Waals surface area contributed by atoms with Crippen molar-refractivity contribution in [3.05, 3.63) is 0 Å². The van der Waals surface area contributed by atoms with Gasteiger partial charge in [-0.3, -0.25) is 18.2 Å². The Labute approximate surface area is 72.8 Å². The first kappa shape index (κ1) is 18.4. The summed E-state index contributed by atoms with van der Waals surface area (Å²) < 4.78 is 63.2. The van der Waals surface area contributed by atoms with E-state index in [0.29, 0.717) is 0 Å². The van der Waals surface area contributed by atoms with Crippen molar-refractivity contribution >= 4 is 20.8 Å². The second-order valence-electron chi connectivity index (χ2n) is 1.00. The highest BCUT2D eigenvalue weighted by Crippen LogP contribution is 1.59. The molecule has 0 amide bonds. The van der Waals surface area contributed by atoms with Crippen LogP contribution in [0.5, 0.6) is 0 Å². The maximum Gasteiger partial charge on any atom is 0.394 e. The van der Waals surface area contributed by atoms with Crippen LogP contribution in [0.15, 0.2) is 0 Å². The van der Waals surface area contributed by atoms with E-state index in [0.717, 1.165) is 0 Å². The fourth-order valence-electron chi connectivity index (χ4n) is 0. The first-order valence-corrected chi connectivity index (χ1v) is 4.61. The van der Waals surface area contributed by atoms with Crippen LogP contribution in [0.25, 0.3) is 0 Å². The molecule has 0 aliphatic rings. The minimum Gasteiger partial charge on any atom is -0.264 e. The van der Waals surface area contributed by atoms with Crippen molar-refractivity contribution < 1.29 is 45.3 Å². The van der Waals surface area contributed by atoms with E-state index >= 15 is 0 Å². The lowest BCUT2D eigenvalue weighted by atomic mass is 13.5. The van der Waals surface area contributed by atoms with Crippen LogP contribution >= 0.6 is 0 Å². The van der Waals surface area contributed by atoms with Gasteiger partial charge in [0.1, 0.15) is 0 Å². The summed E-state index contributed by atoms with van der Waals surface area (Å²) >= 11 is 0. The van der Waals surface area contributed by atoms with Gasteiger partial charge >= 0.3 is 20.8 Å². The van der Waals surface area contributed by atoms with E-state index in [1.54, 1.807) is 0 Å². The van der Waals surface area contributed by atoms with Crippen LogP contribution < -0.4 is 5.90 Å². The molecule has 0 saturated heterocycles. The number of nitrogens with two attached hydrogens (primary N) is 1. The summed E-state index contributed by atoms with van der Waals surface area (Å²) in [6.45, 7) is 0. The summed E-state index contributed by atoms with van der Waals surface area (Å²) in [5.41, 5.74) is 0. The smallest absolute Gasteiger partial charge is 0.264 e. The summed E-state index contributed by atoms with van der Waals surface area (Å²) in [4.78, 5) is 2.75. The Morgan fingerprint density at radius 2 is 0.846 bits per heavy atom. The van der Waals surface area contributed by atoms with Crippen molar-refractivity contribution in [1.29, 1.82) is 0 Å². The van der Waals surface area contributed by atoms with Gasteiger partial charge in [-0.1, -0.05) is 0 Å². The zero-order valence-electron chi connectivity index (χ0n) is 5.67. The molecule has 0 rings (SSSR count). The third-order valence-corrected chi connectivity index (χ3v) is 0. The first-order valence-electron chi connectivity index (χ1n) is 1.82. The Hall–Kier alpha value is -0.380. The maximum atomic E-state index is 8.74. The van der Waals surface area contributed by atoms with Gasteiger partial charge in [0.2, 0.25) is 0 Å². The van der Waals surface area contributed by atoms with Gasteiger partial charge in [0.15, 0.2) is 0 Å². The van der Waals surface area contributed by atoms with Crippen molar-refractivity contribution in [2.45, 2.75) is 0 Å². The predicted octanol–water partition coefficient (Wildman–Crippen LogP) is -1.96. The van der Waals surface area contributed by atoms with E-state index in [1.807, 2.05) is 0 Å². The first-order chi connectivity index (χ1) is 5.41. The molecule has 0 spiro atoms. The van der Waals surface area contributed by atoms with Crippen LogP contribution in [-0.2, 0) is 25.8 Å². The molecule has 84 valence electrons. The molecule has 0 aliphatic carbocycles. The van der Waals surface area contributed by atoms with Crippen LogP contribution in [0.4, 0.5) is 0 Å². The van der Waals surface area contributed by atoms with E-state index < -0.39 is 20.8 Å². The second kappa shape index (κ2) is 8.23. The van der Waals surface area contributed by atoms with Crippen molar-refractivity contribution in [2.24, 2.45) is 5.90 Å². The summed E-state index contributed by atoms with van der Waals surface area (Å²) in [6, 6.07) is 0. The Kier molecular flexibility index (Phi) is 11.7. The quantitative estimate of drug-likeness (QED) is 0.157. The van der Waals surface area contributed by atoms with E-state index in [4.69, 9.17) is 40.3 Å². The molecule has 0 saturated carbocycles. The Morgan fingerprint density at radius 3 is 0.846 bits per heavy atom. The van der Waals surface area contributed by atoms with Crippen LogP contribution in [0.2, 0.25) is 0 Å². The fraction of sp³-hybridized carbons (Fsp3) is 0. The SMILES string of the molecule is NOO.O=S(=O)(O)O.O=S(=O)(O)O. The van der Waals surface area contributed by atoms with Gasteiger partial charge in [0.05, 0.1) is 0 Å². The van der Waals surface area contributed by atoms with Gasteiger partial charge in [-0.15, -0.1) is 4.99 Å². The summed E-state index contributed by atoms with van der Waals surface area (Å²) in [6.07, 6.45) is 0. The minimum absolute atomic E-state index is 2.75. The molecule has 0 atom stereocenters. The lowest BCUT2D eigenvalue weighted by molar-refractivity contribution is -0.247. The summed E-state index contributed by atoms with van der Waals surface area (Å²) in [7, 11) is -9.33. The fourth-order valence-corrected chi connectivity index (χ4v) is 0. The molecular formula is H7NO10S2. The average molecular weight is 245 g/mol. The van der Waals surface area contributed by atoms with Crippen molar-refractivity contribution in [3.8, 4) is 0 Å². The topological polar surface area (TPSA) is 205 Å². The Morgan fingerprint density at radius 1 is 0.846 bits per heavy atom. The number of hydrogen-bond donors (Lipinski definition) is 6. The average Bonchev–Trinajstić information content (AvgIpc) is 1.52. The molecule has 0 aromatic rings. The van der Waals surface area contributed by atoms with Crippen LogP contribution in [0.3, 0.4) is 0 Å². The second-order valence-corrected chi connectivity index (χ2v) is 2.79. The molecule has 7 N–H and O–H groups in total. The predicted molar refractivity (Wildman–Crippen MR) is 36.3 cm³/mol. The highest BCUT2D eigenvalue weighted by molar-refractivity contribution is 7.80. The third-order valence-electron chi connectivity index (χ3n) is 0. The van der Waals surface area contributed by atoms with Crippen LogP contribution in [-0.4, -0.2) is 40.3 Å². The number of rotatable bonds is 0. The Bertz CT molecular complexity index is 222. The van der Waals surface area contributed by atoms with E-state index in [2.05, 4.69) is 10.9 Å². The lowest BCUT2D eigenvalue weighted by Gasteiger charge is -1.68. The van der Waals surface area contributed by atoms with Crippen LogP contribution in [0.1, 0.15) is 0 Å². The monoisotopic (exact) mass is 245 g/mol. The molecule has 13 heteroatoms. The molecule has 13 heavy (non-hydrogen) atoms. The maximum absolute atomic E-state index is 8.74. The molecular weight excluding hydrogens is 238 g/mol.